The van der Waals surface area contributed by atoms with E-state index < -0.39 is 5.66 Å². The molecule has 4 nitrogen and oxygen atoms in total. The molecule has 0 saturated heterocycles. The highest BCUT2D eigenvalue weighted by Crippen LogP contribution is 2.31. The first-order valence-corrected chi connectivity index (χ1v) is 5.55. The molecular weight excluding hydrogens is 202 g/mol. The maximum absolute atomic E-state index is 12.1. The number of nitrogens with two attached hydrogens (primary N) is 1. The van der Waals surface area contributed by atoms with Crippen LogP contribution in [0.1, 0.15) is 37.0 Å². The van der Waals surface area contributed by atoms with Gasteiger partial charge >= 0.3 is 0 Å². The van der Waals surface area contributed by atoms with Gasteiger partial charge < -0.3 is 5.32 Å². The molecule has 3 N–H and O–H groups in total. The molecule has 1 amide bonds. The smallest absolute Gasteiger partial charge is 0.271 e. The number of carbonyl (C=O) groups excluding carboxylic acids is 1. The van der Waals surface area contributed by atoms with E-state index in [-0.39, 0.29) is 5.91 Å². The number of hydrogen-bond donors (Lipinski definition) is 2. The molecule has 1 atom stereocenters. The predicted molar refractivity (Wildman–Crippen MR) is 63.7 cm³/mol. The summed E-state index contributed by atoms with van der Waals surface area (Å²) in [4.78, 5) is 12.1. The van der Waals surface area contributed by atoms with E-state index in [2.05, 4.69) is 12.2 Å². The third-order valence-corrected chi connectivity index (χ3v) is 3.05. The molecule has 2 rings (SSSR count). The highest BCUT2D eigenvalue weighted by Gasteiger charge is 2.38. The number of nitrogens with one attached hydrogen (secondary N) is 1. The lowest BCUT2D eigenvalue weighted by Gasteiger charge is -2.43. The summed E-state index contributed by atoms with van der Waals surface area (Å²) in [6.45, 7) is 4.02. The van der Waals surface area contributed by atoms with E-state index in [0.29, 0.717) is 5.56 Å². The van der Waals surface area contributed by atoms with Crippen LogP contribution < -0.4 is 11.2 Å². The normalized spacial score (nSPS) is 23.9. The zero-order valence-electron chi connectivity index (χ0n) is 9.66. The molecule has 1 aliphatic rings. The van der Waals surface area contributed by atoms with Crippen LogP contribution in [0.2, 0.25) is 0 Å². The van der Waals surface area contributed by atoms with Gasteiger partial charge in [0.05, 0.1) is 5.56 Å². The molecule has 1 heterocycles. The van der Waals surface area contributed by atoms with Gasteiger partial charge in [-0.2, -0.15) is 0 Å². The summed E-state index contributed by atoms with van der Waals surface area (Å²) < 4.78 is 0. The monoisotopic (exact) mass is 219 g/mol. The molecule has 0 saturated carbocycles. The molecule has 4 heteroatoms. The van der Waals surface area contributed by atoms with Crippen LogP contribution in [0.15, 0.2) is 24.3 Å². The number of hydrazine groups is 1. The maximum atomic E-state index is 12.1. The minimum Gasteiger partial charge on any atom is -0.361 e. The van der Waals surface area contributed by atoms with Gasteiger partial charge in [-0.3, -0.25) is 9.80 Å². The molecule has 1 aromatic rings. The van der Waals surface area contributed by atoms with Crippen LogP contribution in [0.3, 0.4) is 0 Å². The van der Waals surface area contributed by atoms with Crippen LogP contribution in [0.5, 0.6) is 0 Å². The Kier molecular flexibility index (Phi) is 2.59. The second-order valence-electron chi connectivity index (χ2n) is 4.37. The van der Waals surface area contributed by atoms with E-state index in [1.807, 2.05) is 25.1 Å². The number of nitrogens with zero attached hydrogens (tertiary/aromatic N) is 1. The van der Waals surface area contributed by atoms with Crippen LogP contribution in [-0.4, -0.2) is 16.6 Å². The Morgan fingerprint density at radius 3 is 2.81 bits per heavy atom. The van der Waals surface area contributed by atoms with Crippen molar-refractivity contribution in [2.75, 3.05) is 5.32 Å². The summed E-state index contributed by atoms with van der Waals surface area (Å²) in [5.41, 5.74) is 1.02. The number of carbonyl (C=O) groups is 1. The average Bonchev–Trinajstić information content (AvgIpc) is 2.27. The Hall–Kier alpha value is -1.55. The van der Waals surface area contributed by atoms with E-state index in [4.69, 9.17) is 5.84 Å². The zero-order valence-corrected chi connectivity index (χ0v) is 9.66. The van der Waals surface area contributed by atoms with Gasteiger partial charge in [-0.15, -0.1) is 0 Å². The summed E-state index contributed by atoms with van der Waals surface area (Å²) in [6, 6.07) is 7.45. The predicted octanol–water partition coefficient (Wildman–Crippen LogP) is 1.94. The molecule has 0 bridgehead atoms. The lowest BCUT2D eigenvalue weighted by molar-refractivity contribution is 0.0521. The number of hydrogen-bond acceptors (Lipinski definition) is 3. The van der Waals surface area contributed by atoms with E-state index in [1.165, 1.54) is 5.01 Å². The fourth-order valence-corrected chi connectivity index (χ4v) is 2.15. The first-order valence-electron chi connectivity index (χ1n) is 5.55. The topological polar surface area (TPSA) is 58.4 Å². The fraction of sp³-hybridized carbons (Fsp3) is 0.417. The van der Waals surface area contributed by atoms with Gasteiger partial charge in [0.2, 0.25) is 0 Å². The van der Waals surface area contributed by atoms with Crippen molar-refractivity contribution in [2.45, 2.75) is 32.4 Å². The number of anilines is 1. The average molecular weight is 219 g/mol. The number of amides is 1. The molecule has 0 spiro atoms. The molecule has 0 aliphatic carbocycles. The molecule has 86 valence electrons. The largest absolute Gasteiger partial charge is 0.361 e. The van der Waals surface area contributed by atoms with Crippen molar-refractivity contribution in [1.29, 1.82) is 0 Å². The summed E-state index contributed by atoms with van der Waals surface area (Å²) in [5, 5.41) is 4.64. The standard InChI is InChI=1S/C12H17N3O/c1-3-8-12(2)14-10-7-5-4-6-9(10)11(16)15(12)13/h4-7,14H,3,8,13H2,1-2H3. The van der Waals surface area contributed by atoms with Crippen molar-refractivity contribution in [3.05, 3.63) is 29.8 Å². The second kappa shape index (κ2) is 3.79. The number of fused-ring (bicyclic) bond motifs is 1. The van der Waals surface area contributed by atoms with E-state index >= 15 is 0 Å². The van der Waals surface area contributed by atoms with Crippen molar-refractivity contribution in [1.82, 2.24) is 5.01 Å². The summed E-state index contributed by atoms with van der Waals surface area (Å²) >= 11 is 0. The quantitative estimate of drug-likeness (QED) is 0.590. The van der Waals surface area contributed by atoms with Gasteiger partial charge in [-0.05, 0) is 25.5 Å². The van der Waals surface area contributed by atoms with E-state index in [9.17, 15) is 4.79 Å². The van der Waals surface area contributed by atoms with Crippen molar-refractivity contribution < 1.29 is 4.79 Å². The molecule has 0 aromatic heterocycles. The molecule has 0 radical (unpaired) electrons. The Morgan fingerprint density at radius 1 is 1.44 bits per heavy atom. The first-order chi connectivity index (χ1) is 7.58. The van der Waals surface area contributed by atoms with Crippen molar-refractivity contribution in [3.63, 3.8) is 0 Å². The Labute approximate surface area is 95.4 Å². The van der Waals surface area contributed by atoms with Crippen LogP contribution in [0, 0.1) is 0 Å². The van der Waals surface area contributed by atoms with Gasteiger partial charge in [0.25, 0.3) is 5.91 Å². The van der Waals surface area contributed by atoms with Gasteiger partial charge in [-0.25, -0.2) is 5.84 Å². The second-order valence-corrected chi connectivity index (χ2v) is 4.37. The molecule has 1 aliphatic heterocycles. The van der Waals surface area contributed by atoms with Crippen LogP contribution in [0.25, 0.3) is 0 Å². The maximum Gasteiger partial charge on any atom is 0.271 e. The summed E-state index contributed by atoms with van der Waals surface area (Å²) in [7, 11) is 0. The Morgan fingerprint density at radius 2 is 2.12 bits per heavy atom. The third-order valence-electron chi connectivity index (χ3n) is 3.05. The van der Waals surface area contributed by atoms with Crippen molar-refractivity contribution >= 4 is 11.6 Å². The lowest BCUT2D eigenvalue weighted by Crippen LogP contribution is -2.61. The highest BCUT2D eigenvalue weighted by atomic mass is 16.2. The summed E-state index contributed by atoms with van der Waals surface area (Å²) in [5.74, 6) is 5.76. The molecular formula is C12H17N3O. The van der Waals surface area contributed by atoms with Crippen LogP contribution in [-0.2, 0) is 0 Å². The fourth-order valence-electron chi connectivity index (χ4n) is 2.15. The van der Waals surface area contributed by atoms with E-state index in [1.54, 1.807) is 6.07 Å². The first kappa shape index (κ1) is 11.0. The Balaban J connectivity index is 2.43. The highest BCUT2D eigenvalue weighted by molar-refractivity contribution is 6.01. The SMILES string of the molecule is CCCC1(C)Nc2ccccc2C(=O)N1N. The van der Waals surface area contributed by atoms with Crippen LogP contribution >= 0.6 is 0 Å². The van der Waals surface area contributed by atoms with Crippen molar-refractivity contribution in [2.24, 2.45) is 5.84 Å². The molecule has 1 unspecified atom stereocenters. The van der Waals surface area contributed by atoms with Crippen LogP contribution in [0.4, 0.5) is 5.69 Å². The van der Waals surface area contributed by atoms with Gasteiger partial charge in [0, 0.05) is 5.69 Å². The molecule has 1 aromatic carbocycles. The van der Waals surface area contributed by atoms with Crippen molar-refractivity contribution in [3.8, 4) is 0 Å². The van der Waals surface area contributed by atoms with Gasteiger partial charge in [-0.1, -0.05) is 25.5 Å². The number of para-hydroxylation sites is 1. The van der Waals surface area contributed by atoms with Gasteiger partial charge in [0.15, 0.2) is 0 Å². The van der Waals surface area contributed by atoms with Gasteiger partial charge in [0.1, 0.15) is 5.66 Å². The summed E-state index contributed by atoms with van der Waals surface area (Å²) in [6.07, 6.45) is 1.79. The minimum atomic E-state index is -0.486. The minimum absolute atomic E-state index is 0.120. The molecule has 0 fully saturated rings. The third kappa shape index (κ3) is 1.55. The van der Waals surface area contributed by atoms with E-state index in [0.717, 1.165) is 18.5 Å². The lowest BCUT2D eigenvalue weighted by atomic mass is 9.99. The Bertz CT molecular complexity index is 418. The molecule has 16 heavy (non-hydrogen) atoms. The number of rotatable bonds is 2. The number of benzene rings is 1. The zero-order chi connectivity index (χ0) is 11.8.